The fraction of sp³-hybridized carbons (Fsp3) is 0.529. The Morgan fingerprint density at radius 3 is 2.68 bits per heavy atom. The molecule has 118 valence electrons. The van der Waals surface area contributed by atoms with Gasteiger partial charge in [0.15, 0.2) is 0 Å². The Morgan fingerprint density at radius 2 is 2.05 bits per heavy atom. The van der Waals surface area contributed by atoms with E-state index in [-0.39, 0.29) is 6.10 Å². The number of pyridine rings is 1. The molecule has 3 rings (SSSR count). The van der Waals surface area contributed by atoms with Crippen LogP contribution in [-0.2, 0) is 6.54 Å². The molecule has 0 unspecified atom stereocenters. The number of hydrogen-bond donors (Lipinski definition) is 1. The minimum Gasteiger partial charge on any atom is -0.474 e. The van der Waals surface area contributed by atoms with Crippen molar-refractivity contribution in [3.8, 4) is 5.88 Å². The summed E-state index contributed by atoms with van der Waals surface area (Å²) in [6.07, 6.45) is 4.13. The normalized spacial score (nSPS) is 16.9. The van der Waals surface area contributed by atoms with Crippen LogP contribution in [0.5, 0.6) is 5.88 Å². The Kier molecular flexibility index (Phi) is 4.43. The first kappa shape index (κ1) is 15.0. The number of piperidine rings is 1. The van der Waals surface area contributed by atoms with Crippen molar-refractivity contribution in [2.75, 3.05) is 13.1 Å². The molecule has 3 heterocycles. The van der Waals surface area contributed by atoms with Crippen molar-refractivity contribution < 1.29 is 4.74 Å². The van der Waals surface area contributed by atoms with Gasteiger partial charge in [0.25, 0.3) is 0 Å². The molecule has 1 saturated heterocycles. The molecule has 1 aliphatic heterocycles. The number of rotatable bonds is 4. The van der Waals surface area contributed by atoms with Gasteiger partial charge in [-0.15, -0.1) is 0 Å². The first-order valence-corrected chi connectivity index (χ1v) is 7.94. The van der Waals surface area contributed by atoms with Gasteiger partial charge in [0.2, 0.25) is 5.88 Å². The molecule has 0 aliphatic carbocycles. The molecule has 0 bridgehead atoms. The van der Waals surface area contributed by atoms with Crippen LogP contribution in [0.25, 0.3) is 0 Å². The van der Waals surface area contributed by atoms with E-state index < -0.39 is 0 Å². The molecular formula is C17H24N4O. The molecule has 2 aromatic rings. The predicted octanol–water partition coefficient (Wildman–Crippen LogP) is 2.77. The van der Waals surface area contributed by atoms with Crippen LogP contribution in [0, 0.1) is 20.8 Å². The highest BCUT2D eigenvalue weighted by molar-refractivity contribution is 5.23. The number of ether oxygens (including phenoxy) is 1. The number of imidazole rings is 1. The van der Waals surface area contributed by atoms with Gasteiger partial charge in [-0.05, 0) is 39.7 Å². The highest BCUT2D eigenvalue weighted by Gasteiger charge is 2.22. The first-order chi connectivity index (χ1) is 10.6. The third kappa shape index (κ3) is 3.47. The van der Waals surface area contributed by atoms with Gasteiger partial charge >= 0.3 is 0 Å². The summed E-state index contributed by atoms with van der Waals surface area (Å²) in [5.41, 5.74) is 3.36. The van der Waals surface area contributed by atoms with Crippen LogP contribution in [0.2, 0.25) is 0 Å². The second-order valence-electron chi connectivity index (χ2n) is 6.11. The molecule has 1 aliphatic rings. The van der Waals surface area contributed by atoms with Crippen molar-refractivity contribution in [3.05, 3.63) is 41.1 Å². The standard InChI is InChI=1S/C17H24N4O/c1-12-5-4-8-18-17(12)22-15-6-9-21(10-7-15)11-16-19-13(2)14(3)20-16/h4-5,8,15H,6-7,9-11H2,1-3H3,(H,19,20). The zero-order valence-electron chi connectivity index (χ0n) is 13.6. The van der Waals surface area contributed by atoms with Crippen LogP contribution in [0.3, 0.4) is 0 Å². The van der Waals surface area contributed by atoms with E-state index in [2.05, 4.69) is 26.8 Å². The molecule has 5 nitrogen and oxygen atoms in total. The number of H-pyrrole nitrogens is 1. The summed E-state index contributed by atoms with van der Waals surface area (Å²) in [6, 6.07) is 3.98. The summed E-state index contributed by atoms with van der Waals surface area (Å²) in [5.74, 6) is 1.84. The van der Waals surface area contributed by atoms with Crippen LogP contribution in [0.15, 0.2) is 18.3 Å². The Balaban J connectivity index is 1.51. The zero-order valence-corrected chi connectivity index (χ0v) is 13.6. The maximum Gasteiger partial charge on any atom is 0.216 e. The molecule has 2 aromatic heterocycles. The third-order valence-electron chi connectivity index (χ3n) is 4.32. The molecule has 5 heteroatoms. The van der Waals surface area contributed by atoms with Gasteiger partial charge in [-0.2, -0.15) is 0 Å². The summed E-state index contributed by atoms with van der Waals surface area (Å²) in [5, 5.41) is 0. The van der Waals surface area contributed by atoms with Crippen molar-refractivity contribution in [2.24, 2.45) is 0 Å². The Bertz CT molecular complexity index is 610. The van der Waals surface area contributed by atoms with E-state index in [0.717, 1.165) is 55.4 Å². The van der Waals surface area contributed by atoms with Crippen LogP contribution in [0.1, 0.15) is 35.6 Å². The summed E-state index contributed by atoms with van der Waals surface area (Å²) < 4.78 is 6.05. The molecule has 22 heavy (non-hydrogen) atoms. The van der Waals surface area contributed by atoms with Gasteiger partial charge in [-0.1, -0.05) is 6.07 Å². The molecule has 0 amide bonds. The van der Waals surface area contributed by atoms with Gasteiger partial charge in [-0.25, -0.2) is 9.97 Å². The first-order valence-electron chi connectivity index (χ1n) is 7.94. The molecule has 1 fully saturated rings. The van der Waals surface area contributed by atoms with Crippen molar-refractivity contribution in [2.45, 2.75) is 46.3 Å². The quantitative estimate of drug-likeness (QED) is 0.943. The average molecular weight is 300 g/mol. The summed E-state index contributed by atoms with van der Waals surface area (Å²) in [7, 11) is 0. The minimum absolute atomic E-state index is 0.268. The summed E-state index contributed by atoms with van der Waals surface area (Å²) >= 11 is 0. The molecule has 0 saturated carbocycles. The Morgan fingerprint density at radius 1 is 1.27 bits per heavy atom. The Labute approximate surface area is 131 Å². The van der Waals surface area contributed by atoms with Crippen LogP contribution in [-0.4, -0.2) is 39.0 Å². The number of aromatic amines is 1. The average Bonchev–Trinajstić information content (AvgIpc) is 2.82. The maximum atomic E-state index is 6.05. The van der Waals surface area contributed by atoms with Gasteiger partial charge in [0, 0.05) is 30.5 Å². The lowest BCUT2D eigenvalue weighted by Gasteiger charge is -2.31. The number of nitrogens with one attached hydrogen (secondary N) is 1. The number of likely N-dealkylation sites (tertiary alicyclic amines) is 1. The predicted molar refractivity (Wildman–Crippen MR) is 86.0 cm³/mol. The fourth-order valence-electron chi connectivity index (χ4n) is 2.85. The van der Waals surface area contributed by atoms with Gasteiger partial charge in [-0.3, -0.25) is 4.90 Å². The lowest BCUT2D eigenvalue weighted by Crippen LogP contribution is -2.38. The number of aromatic nitrogens is 3. The van der Waals surface area contributed by atoms with Crippen LogP contribution < -0.4 is 4.74 Å². The van der Waals surface area contributed by atoms with Crippen molar-refractivity contribution in [3.63, 3.8) is 0 Å². The highest BCUT2D eigenvalue weighted by atomic mass is 16.5. The van der Waals surface area contributed by atoms with Gasteiger partial charge < -0.3 is 9.72 Å². The zero-order chi connectivity index (χ0) is 15.5. The number of hydrogen-bond acceptors (Lipinski definition) is 4. The van der Waals surface area contributed by atoms with Crippen LogP contribution in [0.4, 0.5) is 0 Å². The molecule has 0 atom stereocenters. The molecule has 0 spiro atoms. The summed E-state index contributed by atoms with van der Waals surface area (Å²) in [6.45, 7) is 9.12. The van der Waals surface area contributed by atoms with E-state index >= 15 is 0 Å². The lowest BCUT2D eigenvalue weighted by atomic mass is 10.1. The fourth-order valence-corrected chi connectivity index (χ4v) is 2.85. The van der Waals surface area contributed by atoms with Crippen LogP contribution >= 0.6 is 0 Å². The Hall–Kier alpha value is -1.88. The number of nitrogens with zero attached hydrogens (tertiary/aromatic N) is 3. The minimum atomic E-state index is 0.268. The van der Waals surface area contributed by atoms with E-state index in [0.29, 0.717) is 0 Å². The molecule has 0 aromatic carbocycles. The smallest absolute Gasteiger partial charge is 0.216 e. The van der Waals surface area contributed by atoms with E-state index in [1.165, 1.54) is 5.69 Å². The SMILES string of the molecule is Cc1cccnc1OC1CCN(Cc2nc(C)c(C)[nH]2)CC1. The van der Waals surface area contributed by atoms with Crippen molar-refractivity contribution in [1.29, 1.82) is 0 Å². The molecule has 1 N–H and O–H groups in total. The highest BCUT2D eigenvalue weighted by Crippen LogP contribution is 2.20. The third-order valence-corrected chi connectivity index (χ3v) is 4.32. The lowest BCUT2D eigenvalue weighted by molar-refractivity contribution is 0.0914. The second kappa shape index (κ2) is 6.48. The van der Waals surface area contributed by atoms with E-state index in [9.17, 15) is 0 Å². The topological polar surface area (TPSA) is 54.0 Å². The van der Waals surface area contributed by atoms with E-state index in [1.54, 1.807) is 6.20 Å². The molecule has 0 radical (unpaired) electrons. The van der Waals surface area contributed by atoms with Gasteiger partial charge in [0.05, 0.1) is 12.2 Å². The van der Waals surface area contributed by atoms with Crippen molar-refractivity contribution in [1.82, 2.24) is 19.9 Å². The largest absolute Gasteiger partial charge is 0.474 e. The van der Waals surface area contributed by atoms with E-state index in [1.807, 2.05) is 26.0 Å². The summed E-state index contributed by atoms with van der Waals surface area (Å²) in [4.78, 5) is 14.7. The van der Waals surface area contributed by atoms with Gasteiger partial charge in [0.1, 0.15) is 11.9 Å². The van der Waals surface area contributed by atoms with E-state index in [4.69, 9.17) is 4.74 Å². The molecular weight excluding hydrogens is 276 g/mol. The monoisotopic (exact) mass is 300 g/mol. The number of aryl methyl sites for hydroxylation is 3. The second-order valence-corrected chi connectivity index (χ2v) is 6.11. The maximum absolute atomic E-state index is 6.05. The van der Waals surface area contributed by atoms with Crippen molar-refractivity contribution >= 4 is 0 Å².